The van der Waals surface area contributed by atoms with E-state index in [2.05, 4.69) is 78.0 Å². The molecule has 0 radical (unpaired) electrons. The largest absolute Gasteiger partial charge is 0.350 e. The molecule has 2 heterocycles. The molecule has 32 heavy (non-hydrogen) atoms. The van der Waals surface area contributed by atoms with Crippen LogP contribution >= 0.6 is 0 Å². The van der Waals surface area contributed by atoms with E-state index in [0.717, 1.165) is 11.8 Å². The van der Waals surface area contributed by atoms with Gasteiger partial charge < -0.3 is 9.13 Å². The number of hydrogen-bond acceptors (Lipinski definition) is 0. The molecule has 0 bridgehead atoms. The third-order valence-corrected chi connectivity index (χ3v) is 9.62. The Labute approximate surface area is 191 Å². The molecule has 3 aliphatic rings. The van der Waals surface area contributed by atoms with Crippen molar-refractivity contribution in [2.45, 2.75) is 63.2 Å². The molecule has 7 rings (SSSR count). The second-order valence-corrected chi connectivity index (χ2v) is 11.0. The summed E-state index contributed by atoms with van der Waals surface area (Å²) in [6.45, 7) is 0. The van der Waals surface area contributed by atoms with Gasteiger partial charge in [-0.2, -0.15) is 0 Å². The summed E-state index contributed by atoms with van der Waals surface area (Å²) in [5, 5.41) is 3.01. The fraction of sp³-hybridized carbons (Fsp3) is 0.467. The monoisotopic (exact) mass is 422 g/mol. The third-order valence-electron chi connectivity index (χ3n) is 9.62. The molecule has 0 unspecified atom stereocenters. The highest BCUT2D eigenvalue weighted by Crippen LogP contribution is 2.70. The number of aryl methyl sites for hydroxylation is 2. The van der Waals surface area contributed by atoms with Crippen LogP contribution < -0.4 is 0 Å². The molecule has 2 saturated carbocycles. The van der Waals surface area contributed by atoms with Gasteiger partial charge in [0, 0.05) is 53.7 Å². The van der Waals surface area contributed by atoms with Crippen LogP contribution in [0.2, 0.25) is 0 Å². The van der Waals surface area contributed by atoms with Crippen molar-refractivity contribution < 1.29 is 0 Å². The molecule has 1 spiro atoms. The number of benzene rings is 2. The summed E-state index contributed by atoms with van der Waals surface area (Å²) in [5.41, 5.74) is 8.15. The molecule has 0 N–H and O–H groups in total. The molecule has 2 nitrogen and oxygen atoms in total. The van der Waals surface area contributed by atoms with Crippen LogP contribution in [0.3, 0.4) is 0 Å². The molecular weight excluding hydrogens is 388 g/mol. The van der Waals surface area contributed by atoms with Crippen LogP contribution in [0.15, 0.2) is 54.7 Å². The van der Waals surface area contributed by atoms with E-state index in [1.807, 2.05) is 0 Å². The van der Waals surface area contributed by atoms with Crippen LogP contribution in [0.4, 0.5) is 0 Å². The molecule has 164 valence electrons. The van der Waals surface area contributed by atoms with Gasteiger partial charge in [0.2, 0.25) is 0 Å². The van der Waals surface area contributed by atoms with E-state index < -0.39 is 0 Å². The summed E-state index contributed by atoms with van der Waals surface area (Å²) >= 11 is 0. The minimum absolute atomic E-state index is 0.394. The van der Waals surface area contributed by atoms with Crippen LogP contribution in [0.1, 0.15) is 80.0 Å². The van der Waals surface area contributed by atoms with Crippen molar-refractivity contribution in [2.75, 3.05) is 0 Å². The van der Waals surface area contributed by atoms with Crippen molar-refractivity contribution in [3.05, 3.63) is 71.5 Å². The average molecular weight is 423 g/mol. The number of rotatable bonds is 2. The number of fused-ring (bicyclic) bond motifs is 4. The Hall–Kier alpha value is -2.48. The van der Waals surface area contributed by atoms with Crippen molar-refractivity contribution in [2.24, 2.45) is 25.4 Å². The fourth-order valence-corrected chi connectivity index (χ4v) is 8.55. The van der Waals surface area contributed by atoms with E-state index in [-0.39, 0.29) is 0 Å². The molecule has 0 saturated heterocycles. The maximum absolute atomic E-state index is 2.59. The Morgan fingerprint density at radius 3 is 2.19 bits per heavy atom. The number of para-hydroxylation sites is 2. The SMILES string of the molecule is Cn1cc([C@@H]2c3c(c4ccccc4n3C)[C@@H](C3CCCC3)C23CCCC3)c2ccccc21. The van der Waals surface area contributed by atoms with E-state index in [1.54, 1.807) is 16.8 Å². The number of nitrogens with zero attached hydrogens (tertiary/aromatic N) is 2. The van der Waals surface area contributed by atoms with Crippen molar-refractivity contribution in [1.29, 1.82) is 0 Å². The molecular formula is C30H34N2. The summed E-state index contributed by atoms with van der Waals surface area (Å²) < 4.78 is 4.96. The smallest absolute Gasteiger partial charge is 0.0483 e. The highest BCUT2D eigenvalue weighted by Gasteiger charge is 2.59. The predicted octanol–water partition coefficient (Wildman–Crippen LogP) is 7.65. The van der Waals surface area contributed by atoms with Gasteiger partial charge in [0.15, 0.2) is 0 Å². The minimum Gasteiger partial charge on any atom is -0.350 e. The summed E-state index contributed by atoms with van der Waals surface area (Å²) in [4.78, 5) is 0. The lowest BCUT2D eigenvalue weighted by atomic mass is 9.62. The van der Waals surface area contributed by atoms with Crippen LogP contribution in [0.5, 0.6) is 0 Å². The van der Waals surface area contributed by atoms with E-state index in [9.17, 15) is 0 Å². The lowest BCUT2D eigenvalue weighted by Gasteiger charge is -2.41. The Morgan fingerprint density at radius 2 is 1.44 bits per heavy atom. The van der Waals surface area contributed by atoms with Crippen molar-refractivity contribution in [1.82, 2.24) is 9.13 Å². The lowest BCUT2D eigenvalue weighted by Crippen LogP contribution is -2.31. The maximum Gasteiger partial charge on any atom is 0.0483 e. The van der Waals surface area contributed by atoms with Gasteiger partial charge in [-0.05, 0) is 66.2 Å². The van der Waals surface area contributed by atoms with E-state index in [1.165, 1.54) is 73.2 Å². The predicted molar refractivity (Wildman–Crippen MR) is 133 cm³/mol. The van der Waals surface area contributed by atoms with Crippen molar-refractivity contribution in [3.8, 4) is 0 Å². The average Bonchev–Trinajstić information content (AvgIpc) is 3.63. The van der Waals surface area contributed by atoms with Crippen LogP contribution in [0.25, 0.3) is 21.8 Å². The maximum atomic E-state index is 2.59. The van der Waals surface area contributed by atoms with Gasteiger partial charge in [0.05, 0.1) is 0 Å². The Bertz CT molecular complexity index is 1320. The quantitative estimate of drug-likeness (QED) is 0.314. The van der Waals surface area contributed by atoms with Crippen LogP contribution in [-0.4, -0.2) is 9.13 Å². The highest BCUT2D eigenvalue weighted by atomic mass is 15.0. The topological polar surface area (TPSA) is 9.86 Å². The van der Waals surface area contributed by atoms with E-state index in [4.69, 9.17) is 0 Å². The van der Waals surface area contributed by atoms with Gasteiger partial charge in [-0.15, -0.1) is 0 Å². The summed E-state index contributed by atoms with van der Waals surface area (Å²) in [7, 11) is 4.58. The van der Waals surface area contributed by atoms with Gasteiger partial charge in [-0.25, -0.2) is 0 Å². The summed E-state index contributed by atoms with van der Waals surface area (Å²) in [6, 6.07) is 18.4. The fourth-order valence-electron chi connectivity index (χ4n) is 8.55. The summed E-state index contributed by atoms with van der Waals surface area (Å²) in [6.07, 6.45) is 13.8. The van der Waals surface area contributed by atoms with Gasteiger partial charge in [0.25, 0.3) is 0 Å². The van der Waals surface area contributed by atoms with E-state index >= 15 is 0 Å². The zero-order chi connectivity index (χ0) is 21.4. The zero-order valence-electron chi connectivity index (χ0n) is 19.5. The van der Waals surface area contributed by atoms with Crippen LogP contribution in [0, 0.1) is 11.3 Å². The molecule has 2 aromatic heterocycles. The summed E-state index contributed by atoms with van der Waals surface area (Å²) in [5.74, 6) is 2.09. The van der Waals surface area contributed by atoms with Gasteiger partial charge >= 0.3 is 0 Å². The van der Waals surface area contributed by atoms with Gasteiger partial charge in [0.1, 0.15) is 0 Å². The first-order valence-corrected chi connectivity index (χ1v) is 12.8. The second-order valence-electron chi connectivity index (χ2n) is 11.0. The molecule has 3 aliphatic carbocycles. The second kappa shape index (κ2) is 6.76. The molecule has 2 heteroatoms. The molecule has 2 aromatic carbocycles. The molecule has 2 atom stereocenters. The van der Waals surface area contributed by atoms with E-state index in [0.29, 0.717) is 11.3 Å². The standard InChI is InChI=1S/C30H34N2/c1-31-19-23(21-13-5-7-15-24(21)31)28-29-26(22-14-6-8-16-25(22)32(29)2)27(20-11-3-4-12-20)30(28)17-9-10-18-30/h5-8,13-16,19-20,27-28H,3-4,9-12,17-18H2,1-2H3/t27-,28-/m1/s1. The first-order valence-electron chi connectivity index (χ1n) is 12.8. The molecule has 2 fully saturated rings. The number of hydrogen-bond donors (Lipinski definition) is 0. The normalized spacial score (nSPS) is 24.9. The first kappa shape index (κ1) is 19.0. The zero-order valence-corrected chi connectivity index (χ0v) is 19.5. The Morgan fingerprint density at radius 1 is 0.781 bits per heavy atom. The lowest BCUT2D eigenvalue weighted by molar-refractivity contribution is 0.170. The Kier molecular flexibility index (Phi) is 4.02. The molecule has 0 amide bonds. The molecule has 0 aliphatic heterocycles. The van der Waals surface area contributed by atoms with Crippen LogP contribution in [-0.2, 0) is 14.1 Å². The first-order chi connectivity index (χ1) is 15.7. The van der Waals surface area contributed by atoms with Crippen molar-refractivity contribution >= 4 is 21.8 Å². The minimum atomic E-state index is 0.394. The highest BCUT2D eigenvalue weighted by molar-refractivity contribution is 5.90. The number of aromatic nitrogens is 2. The molecule has 4 aromatic rings. The Balaban J connectivity index is 1.58. The van der Waals surface area contributed by atoms with Gasteiger partial charge in [-0.1, -0.05) is 62.1 Å². The van der Waals surface area contributed by atoms with Crippen molar-refractivity contribution in [3.63, 3.8) is 0 Å². The third kappa shape index (κ3) is 2.31. The van der Waals surface area contributed by atoms with Gasteiger partial charge in [-0.3, -0.25) is 0 Å².